The summed E-state index contributed by atoms with van der Waals surface area (Å²) in [6, 6.07) is -0.215. The first kappa shape index (κ1) is 17.3. The maximum Gasteiger partial charge on any atom is 0.240 e. The maximum atomic E-state index is 12.1. The lowest BCUT2D eigenvalue weighted by atomic mass is 10.1. The number of nitrogens with one attached hydrogen (secondary N) is 1. The summed E-state index contributed by atoms with van der Waals surface area (Å²) in [5.74, 6) is 0.0599. The van der Waals surface area contributed by atoms with Gasteiger partial charge in [-0.3, -0.25) is 9.69 Å². The van der Waals surface area contributed by atoms with Crippen LogP contribution in [-0.2, 0) is 14.3 Å². The minimum atomic E-state index is -0.595. The normalized spacial score (nSPS) is 21.7. The molecular weight excluding hydrogens is 262 g/mol. The molecule has 0 spiro atoms. The van der Waals surface area contributed by atoms with E-state index in [2.05, 4.69) is 5.32 Å². The van der Waals surface area contributed by atoms with E-state index in [1.807, 2.05) is 4.90 Å². The predicted molar refractivity (Wildman–Crippen MR) is 75.6 cm³/mol. The van der Waals surface area contributed by atoms with Crippen molar-refractivity contribution in [3.63, 3.8) is 0 Å². The Kier molecular flexibility index (Phi) is 8.01. The van der Waals surface area contributed by atoms with Crippen molar-refractivity contribution in [1.29, 1.82) is 0 Å². The number of ether oxygens (including phenoxy) is 2. The lowest BCUT2D eigenvalue weighted by Gasteiger charge is -2.37. The number of hydrogen-bond donors (Lipinski definition) is 2. The average Bonchev–Trinajstić information content (AvgIpc) is 2.43. The van der Waals surface area contributed by atoms with Crippen LogP contribution in [0.4, 0.5) is 0 Å². The van der Waals surface area contributed by atoms with E-state index < -0.39 is 6.10 Å². The molecule has 0 aliphatic carbocycles. The van der Waals surface area contributed by atoms with E-state index in [-0.39, 0.29) is 18.6 Å². The Labute approximate surface area is 120 Å². The van der Waals surface area contributed by atoms with Gasteiger partial charge in [-0.2, -0.15) is 0 Å². The van der Waals surface area contributed by atoms with Crippen LogP contribution in [0.15, 0.2) is 0 Å². The molecule has 7 nitrogen and oxygen atoms in total. The Morgan fingerprint density at radius 2 is 2.25 bits per heavy atom. The smallest absolute Gasteiger partial charge is 0.240 e. The van der Waals surface area contributed by atoms with Gasteiger partial charge in [-0.1, -0.05) is 0 Å². The molecule has 1 aliphatic rings. The number of methoxy groups -OCH3 is 1. The summed E-state index contributed by atoms with van der Waals surface area (Å²) in [5, 5.41) is 13.2. The lowest BCUT2D eigenvalue weighted by molar-refractivity contribution is -0.135. The van der Waals surface area contributed by atoms with Crippen molar-refractivity contribution in [3.8, 4) is 0 Å². The Hall–Kier alpha value is -0.730. The zero-order valence-electron chi connectivity index (χ0n) is 12.7. The quantitative estimate of drug-likeness (QED) is 0.523. The number of carbonyl (C=O) groups is 1. The van der Waals surface area contributed by atoms with Crippen LogP contribution in [0, 0.1) is 0 Å². The fraction of sp³-hybridized carbons (Fsp3) is 0.923. The van der Waals surface area contributed by atoms with Gasteiger partial charge in [-0.05, 0) is 0 Å². The van der Waals surface area contributed by atoms with Crippen LogP contribution in [0.1, 0.15) is 0 Å². The minimum absolute atomic E-state index is 0.0599. The molecule has 7 heteroatoms. The summed E-state index contributed by atoms with van der Waals surface area (Å²) >= 11 is 0. The van der Waals surface area contributed by atoms with Gasteiger partial charge in [0, 0.05) is 47.4 Å². The second-order valence-electron chi connectivity index (χ2n) is 5.17. The van der Waals surface area contributed by atoms with Gasteiger partial charge >= 0.3 is 0 Å². The molecule has 118 valence electrons. The fourth-order valence-corrected chi connectivity index (χ4v) is 2.19. The zero-order chi connectivity index (χ0) is 15.0. The van der Waals surface area contributed by atoms with E-state index in [1.165, 1.54) is 0 Å². The second kappa shape index (κ2) is 9.25. The third kappa shape index (κ3) is 5.72. The number of hydrogen-bond acceptors (Lipinski definition) is 6. The number of amides is 1. The molecule has 1 saturated heterocycles. The summed E-state index contributed by atoms with van der Waals surface area (Å²) in [7, 11) is 5.11. The lowest BCUT2D eigenvalue weighted by Crippen LogP contribution is -2.59. The number of carbonyl (C=O) groups excluding carboxylic acids is 1. The molecule has 1 fully saturated rings. The molecule has 0 aromatic carbocycles. The van der Waals surface area contributed by atoms with Crippen molar-refractivity contribution in [1.82, 2.24) is 15.1 Å². The highest BCUT2D eigenvalue weighted by molar-refractivity contribution is 5.81. The van der Waals surface area contributed by atoms with Crippen molar-refractivity contribution in [2.24, 2.45) is 0 Å². The molecular formula is C13H27N3O4. The van der Waals surface area contributed by atoms with Gasteiger partial charge in [0.05, 0.1) is 25.9 Å². The van der Waals surface area contributed by atoms with Gasteiger partial charge in [-0.15, -0.1) is 0 Å². The third-order valence-corrected chi connectivity index (χ3v) is 3.27. The van der Waals surface area contributed by atoms with Crippen molar-refractivity contribution in [2.75, 3.05) is 67.2 Å². The monoisotopic (exact) mass is 289 g/mol. The van der Waals surface area contributed by atoms with Crippen molar-refractivity contribution in [2.45, 2.75) is 12.1 Å². The average molecular weight is 289 g/mol. The number of piperazine rings is 1. The second-order valence-corrected chi connectivity index (χ2v) is 5.17. The van der Waals surface area contributed by atoms with Crippen molar-refractivity contribution < 1.29 is 19.4 Å². The van der Waals surface area contributed by atoms with Gasteiger partial charge in [0.25, 0.3) is 0 Å². The summed E-state index contributed by atoms with van der Waals surface area (Å²) in [6.07, 6.45) is -0.595. The zero-order valence-corrected chi connectivity index (χ0v) is 12.7. The molecule has 1 rings (SSSR count). The highest BCUT2D eigenvalue weighted by Crippen LogP contribution is 2.07. The molecule has 1 heterocycles. The molecule has 0 bridgehead atoms. The van der Waals surface area contributed by atoms with Gasteiger partial charge < -0.3 is 24.8 Å². The molecule has 0 aromatic rings. The first-order valence-electron chi connectivity index (χ1n) is 6.97. The number of aliphatic hydroxyl groups is 1. The van der Waals surface area contributed by atoms with E-state index in [1.54, 1.807) is 26.1 Å². The van der Waals surface area contributed by atoms with E-state index in [9.17, 15) is 9.90 Å². The van der Waals surface area contributed by atoms with Crippen LogP contribution in [0.2, 0.25) is 0 Å². The Balaban J connectivity index is 2.39. The molecule has 2 unspecified atom stereocenters. The standard InChI is InChI=1S/C13H27N3O4/c1-15(2)13(18)12-8-14-4-5-16(12)9-11(17)10-20-7-6-19-3/h11-12,14,17H,4-10H2,1-3H3. The van der Waals surface area contributed by atoms with Crippen LogP contribution >= 0.6 is 0 Å². The third-order valence-electron chi connectivity index (χ3n) is 3.27. The van der Waals surface area contributed by atoms with E-state index in [0.717, 1.165) is 13.1 Å². The maximum absolute atomic E-state index is 12.1. The molecule has 0 radical (unpaired) electrons. The van der Waals surface area contributed by atoms with Gasteiger partial charge in [-0.25, -0.2) is 0 Å². The topological polar surface area (TPSA) is 74.3 Å². The number of rotatable bonds is 8. The van der Waals surface area contributed by atoms with Gasteiger partial charge in [0.2, 0.25) is 5.91 Å². The highest BCUT2D eigenvalue weighted by atomic mass is 16.5. The number of aliphatic hydroxyl groups excluding tert-OH is 1. The van der Waals surface area contributed by atoms with Crippen molar-refractivity contribution >= 4 is 5.91 Å². The SMILES string of the molecule is COCCOCC(O)CN1CCNCC1C(=O)N(C)C. The number of β-amino-alcohol motifs (C(OH)–C–C–N with tert-alkyl or cyclic N) is 1. The van der Waals surface area contributed by atoms with Crippen LogP contribution in [0.3, 0.4) is 0 Å². The summed E-state index contributed by atoms with van der Waals surface area (Å²) in [6.45, 7) is 3.88. The predicted octanol–water partition coefficient (Wildman–Crippen LogP) is -1.63. The summed E-state index contributed by atoms with van der Waals surface area (Å²) in [4.78, 5) is 15.7. The fourth-order valence-electron chi connectivity index (χ4n) is 2.19. The Morgan fingerprint density at radius 1 is 1.50 bits per heavy atom. The van der Waals surface area contributed by atoms with Crippen LogP contribution in [0.25, 0.3) is 0 Å². The Bertz CT molecular complexity index is 289. The van der Waals surface area contributed by atoms with E-state index in [4.69, 9.17) is 9.47 Å². The molecule has 2 atom stereocenters. The highest BCUT2D eigenvalue weighted by Gasteiger charge is 2.30. The minimum Gasteiger partial charge on any atom is -0.389 e. The molecule has 2 N–H and O–H groups in total. The number of likely N-dealkylation sites (N-methyl/N-ethyl adjacent to an activating group) is 1. The van der Waals surface area contributed by atoms with Crippen molar-refractivity contribution in [3.05, 3.63) is 0 Å². The van der Waals surface area contributed by atoms with Crippen LogP contribution < -0.4 is 5.32 Å². The van der Waals surface area contributed by atoms with E-state index in [0.29, 0.717) is 26.3 Å². The molecule has 0 saturated carbocycles. The first-order chi connectivity index (χ1) is 9.56. The van der Waals surface area contributed by atoms with Crippen LogP contribution in [0.5, 0.6) is 0 Å². The Morgan fingerprint density at radius 3 is 2.90 bits per heavy atom. The summed E-state index contributed by atoms with van der Waals surface area (Å²) in [5.41, 5.74) is 0. The molecule has 1 aliphatic heterocycles. The van der Waals surface area contributed by atoms with Crippen LogP contribution in [-0.4, -0.2) is 100 Å². The molecule has 0 aromatic heterocycles. The molecule has 20 heavy (non-hydrogen) atoms. The summed E-state index contributed by atoms with van der Waals surface area (Å²) < 4.78 is 10.2. The van der Waals surface area contributed by atoms with Gasteiger partial charge in [0.1, 0.15) is 6.04 Å². The molecule has 1 amide bonds. The first-order valence-corrected chi connectivity index (χ1v) is 6.97. The van der Waals surface area contributed by atoms with Gasteiger partial charge in [0.15, 0.2) is 0 Å². The number of nitrogens with zero attached hydrogens (tertiary/aromatic N) is 2. The largest absolute Gasteiger partial charge is 0.389 e. The van der Waals surface area contributed by atoms with E-state index >= 15 is 0 Å².